The van der Waals surface area contributed by atoms with Gasteiger partial charge in [-0.3, -0.25) is 4.79 Å². The standard InChI is InChI=1S/C20H24N4O5/c1-4-9-24(13-19-22-23-20(29-19)16-6-5-10-28-16)12-18(25)21-14-7-8-15(26-2)17(11-14)27-3/h5-8,10-11H,4,9,12-13H2,1-3H3,(H,21,25)/p+1. The van der Waals surface area contributed by atoms with Crippen molar-refractivity contribution in [1.29, 1.82) is 0 Å². The lowest BCUT2D eigenvalue weighted by atomic mass is 10.2. The Kier molecular flexibility index (Phi) is 6.85. The Morgan fingerprint density at radius 1 is 1.17 bits per heavy atom. The molecule has 0 saturated heterocycles. The van der Waals surface area contributed by atoms with E-state index in [-0.39, 0.29) is 12.5 Å². The second-order valence-electron chi connectivity index (χ2n) is 6.45. The van der Waals surface area contributed by atoms with Crippen LogP contribution in [-0.4, -0.2) is 43.4 Å². The number of furan rings is 1. The fourth-order valence-electron chi connectivity index (χ4n) is 2.98. The van der Waals surface area contributed by atoms with Crippen molar-refractivity contribution in [2.75, 3.05) is 32.6 Å². The van der Waals surface area contributed by atoms with Crippen molar-refractivity contribution in [3.8, 4) is 23.1 Å². The van der Waals surface area contributed by atoms with E-state index in [1.807, 2.05) is 0 Å². The molecule has 1 atom stereocenters. The van der Waals surface area contributed by atoms with Crippen molar-refractivity contribution in [3.05, 3.63) is 42.5 Å². The molecule has 1 unspecified atom stereocenters. The summed E-state index contributed by atoms with van der Waals surface area (Å²) in [7, 11) is 3.12. The summed E-state index contributed by atoms with van der Waals surface area (Å²) in [6, 6.07) is 8.76. The number of anilines is 1. The maximum Gasteiger partial charge on any atom is 0.283 e. The van der Waals surface area contributed by atoms with Crippen LogP contribution in [-0.2, 0) is 11.3 Å². The first-order valence-electron chi connectivity index (χ1n) is 9.34. The van der Waals surface area contributed by atoms with Crippen LogP contribution in [0.25, 0.3) is 11.7 Å². The predicted molar refractivity (Wildman–Crippen MR) is 105 cm³/mol. The number of quaternary nitrogens is 1. The Morgan fingerprint density at radius 3 is 2.69 bits per heavy atom. The molecule has 1 aromatic carbocycles. The van der Waals surface area contributed by atoms with Gasteiger partial charge < -0.3 is 28.5 Å². The molecule has 154 valence electrons. The minimum atomic E-state index is -0.119. The van der Waals surface area contributed by atoms with Gasteiger partial charge in [0.2, 0.25) is 0 Å². The third kappa shape index (κ3) is 5.35. The highest BCUT2D eigenvalue weighted by atomic mass is 16.5. The Balaban J connectivity index is 1.62. The Morgan fingerprint density at radius 2 is 2.00 bits per heavy atom. The molecule has 2 aromatic heterocycles. The summed E-state index contributed by atoms with van der Waals surface area (Å²) in [5.74, 6) is 2.35. The van der Waals surface area contributed by atoms with E-state index in [4.69, 9.17) is 18.3 Å². The average Bonchev–Trinajstić information content (AvgIpc) is 3.39. The van der Waals surface area contributed by atoms with Gasteiger partial charge in [-0.2, -0.15) is 0 Å². The first kappa shape index (κ1) is 20.4. The number of rotatable bonds is 10. The predicted octanol–water partition coefficient (Wildman–Crippen LogP) is 1.78. The monoisotopic (exact) mass is 401 g/mol. The first-order valence-corrected chi connectivity index (χ1v) is 9.34. The van der Waals surface area contributed by atoms with Gasteiger partial charge in [-0.05, 0) is 30.7 Å². The third-order valence-electron chi connectivity index (χ3n) is 4.28. The van der Waals surface area contributed by atoms with Crippen LogP contribution >= 0.6 is 0 Å². The number of nitrogens with one attached hydrogen (secondary N) is 2. The second-order valence-corrected chi connectivity index (χ2v) is 6.45. The van der Waals surface area contributed by atoms with Gasteiger partial charge in [-0.1, -0.05) is 6.92 Å². The zero-order valence-electron chi connectivity index (χ0n) is 16.7. The van der Waals surface area contributed by atoms with Crippen molar-refractivity contribution >= 4 is 11.6 Å². The molecule has 0 aliphatic heterocycles. The molecule has 0 spiro atoms. The molecular formula is C20H25N4O5+. The van der Waals surface area contributed by atoms with E-state index in [1.165, 1.54) is 0 Å². The van der Waals surface area contributed by atoms with E-state index in [0.29, 0.717) is 41.3 Å². The number of aromatic nitrogens is 2. The molecule has 2 N–H and O–H groups in total. The van der Waals surface area contributed by atoms with Crippen LogP contribution in [0.1, 0.15) is 19.2 Å². The highest BCUT2D eigenvalue weighted by Gasteiger charge is 2.19. The topological polar surface area (TPSA) is 104 Å². The van der Waals surface area contributed by atoms with Gasteiger partial charge in [0.25, 0.3) is 17.7 Å². The zero-order valence-corrected chi connectivity index (χ0v) is 16.7. The number of methoxy groups -OCH3 is 2. The van der Waals surface area contributed by atoms with Crippen molar-refractivity contribution in [2.45, 2.75) is 19.9 Å². The van der Waals surface area contributed by atoms with E-state index in [0.717, 1.165) is 17.9 Å². The van der Waals surface area contributed by atoms with Gasteiger partial charge in [0.1, 0.15) is 0 Å². The second kappa shape index (κ2) is 9.74. The summed E-state index contributed by atoms with van der Waals surface area (Å²) >= 11 is 0. The largest absolute Gasteiger partial charge is 0.493 e. The third-order valence-corrected chi connectivity index (χ3v) is 4.28. The lowest BCUT2D eigenvalue weighted by Gasteiger charge is -2.17. The number of amides is 1. The van der Waals surface area contributed by atoms with Gasteiger partial charge in [-0.15, -0.1) is 10.2 Å². The van der Waals surface area contributed by atoms with Crippen molar-refractivity contribution in [3.63, 3.8) is 0 Å². The fourth-order valence-corrected chi connectivity index (χ4v) is 2.98. The molecule has 3 aromatic rings. The van der Waals surface area contributed by atoms with Gasteiger partial charge in [0.05, 0.1) is 27.0 Å². The number of hydrogen-bond donors (Lipinski definition) is 2. The van der Waals surface area contributed by atoms with Crippen LogP contribution in [0, 0.1) is 0 Å². The number of hydrogen-bond acceptors (Lipinski definition) is 7. The molecule has 2 heterocycles. The van der Waals surface area contributed by atoms with Crippen molar-refractivity contribution < 1.29 is 28.0 Å². The number of carbonyl (C=O) groups excluding carboxylic acids is 1. The maximum atomic E-state index is 12.5. The molecule has 0 radical (unpaired) electrons. The van der Waals surface area contributed by atoms with Gasteiger partial charge in [0.15, 0.2) is 30.3 Å². The lowest BCUT2D eigenvalue weighted by Crippen LogP contribution is -3.11. The van der Waals surface area contributed by atoms with Crippen LogP contribution < -0.4 is 19.7 Å². The van der Waals surface area contributed by atoms with Crippen molar-refractivity contribution in [1.82, 2.24) is 10.2 Å². The molecule has 0 bridgehead atoms. The number of carbonyl (C=O) groups is 1. The SMILES string of the molecule is CCC[NH+](CC(=O)Nc1ccc(OC)c(OC)c1)Cc1nnc(-c2ccco2)o1. The fraction of sp³-hybridized carbons (Fsp3) is 0.350. The van der Waals surface area contributed by atoms with E-state index in [9.17, 15) is 4.79 Å². The highest BCUT2D eigenvalue weighted by molar-refractivity contribution is 5.91. The molecule has 9 heteroatoms. The molecule has 3 rings (SSSR count). The summed E-state index contributed by atoms with van der Waals surface area (Å²) in [6.45, 7) is 3.56. The zero-order chi connectivity index (χ0) is 20.6. The molecule has 9 nitrogen and oxygen atoms in total. The van der Waals surface area contributed by atoms with E-state index in [1.54, 1.807) is 50.8 Å². The smallest absolute Gasteiger partial charge is 0.283 e. The quantitative estimate of drug-likeness (QED) is 0.534. The molecule has 0 aliphatic rings. The van der Waals surface area contributed by atoms with Gasteiger partial charge in [0, 0.05) is 11.8 Å². The van der Waals surface area contributed by atoms with Crippen LogP contribution in [0.15, 0.2) is 45.4 Å². The molecule has 0 fully saturated rings. The van der Waals surface area contributed by atoms with E-state index < -0.39 is 0 Å². The minimum absolute atomic E-state index is 0.119. The number of benzene rings is 1. The van der Waals surface area contributed by atoms with E-state index in [2.05, 4.69) is 22.4 Å². The molecular weight excluding hydrogens is 376 g/mol. The van der Waals surface area contributed by atoms with Crippen molar-refractivity contribution in [2.24, 2.45) is 0 Å². The van der Waals surface area contributed by atoms with E-state index >= 15 is 0 Å². The summed E-state index contributed by atoms with van der Waals surface area (Å²) < 4.78 is 21.4. The minimum Gasteiger partial charge on any atom is -0.493 e. The molecule has 0 saturated carbocycles. The average molecular weight is 401 g/mol. The Labute approximate surface area is 168 Å². The number of ether oxygens (including phenoxy) is 2. The normalized spacial score (nSPS) is 11.8. The number of nitrogens with zero attached hydrogens (tertiary/aromatic N) is 2. The molecule has 1 amide bonds. The van der Waals surface area contributed by atoms with Crippen LogP contribution in [0.5, 0.6) is 11.5 Å². The lowest BCUT2D eigenvalue weighted by molar-refractivity contribution is -0.907. The Bertz CT molecular complexity index is 923. The van der Waals surface area contributed by atoms with Gasteiger partial charge in [-0.25, -0.2) is 0 Å². The highest BCUT2D eigenvalue weighted by Crippen LogP contribution is 2.29. The van der Waals surface area contributed by atoms with Crippen LogP contribution in [0.4, 0.5) is 5.69 Å². The summed E-state index contributed by atoms with van der Waals surface area (Å²) in [4.78, 5) is 13.6. The summed E-state index contributed by atoms with van der Waals surface area (Å²) in [5, 5.41) is 11.0. The molecule has 29 heavy (non-hydrogen) atoms. The van der Waals surface area contributed by atoms with Gasteiger partial charge >= 0.3 is 0 Å². The van der Waals surface area contributed by atoms with Crippen LogP contribution in [0.2, 0.25) is 0 Å². The molecule has 0 aliphatic carbocycles. The first-order chi connectivity index (χ1) is 14.1. The van der Waals surface area contributed by atoms with Crippen LogP contribution in [0.3, 0.4) is 0 Å². The summed E-state index contributed by atoms with van der Waals surface area (Å²) in [6.07, 6.45) is 2.46. The Hall–Kier alpha value is -3.33. The summed E-state index contributed by atoms with van der Waals surface area (Å²) in [5.41, 5.74) is 0.640. The maximum absolute atomic E-state index is 12.5.